The van der Waals surface area contributed by atoms with Crippen LogP contribution in [0.5, 0.6) is 0 Å². The van der Waals surface area contributed by atoms with E-state index in [-0.39, 0.29) is 0 Å². The lowest BCUT2D eigenvalue weighted by Gasteiger charge is -2.36. The van der Waals surface area contributed by atoms with E-state index in [0.29, 0.717) is 0 Å². The summed E-state index contributed by atoms with van der Waals surface area (Å²) < 4.78 is 2.07. The maximum absolute atomic E-state index is 4.50. The summed E-state index contributed by atoms with van der Waals surface area (Å²) in [4.78, 5) is 17.6. The first kappa shape index (κ1) is 18.2. The molecule has 1 saturated heterocycles. The minimum Gasteiger partial charge on any atom is -0.356 e. The van der Waals surface area contributed by atoms with Crippen LogP contribution in [0.3, 0.4) is 0 Å². The molecule has 1 aliphatic rings. The van der Waals surface area contributed by atoms with Crippen molar-refractivity contribution in [2.24, 2.45) is 4.99 Å². The van der Waals surface area contributed by atoms with Crippen molar-refractivity contribution < 1.29 is 0 Å². The van der Waals surface area contributed by atoms with Crippen molar-refractivity contribution >= 4 is 11.9 Å². The summed E-state index contributed by atoms with van der Waals surface area (Å²) in [5, 5.41) is 7.98. The van der Waals surface area contributed by atoms with E-state index >= 15 is 0 Å². The zero-order valence-corrected chi connectivity index (χ0v) is 15.9. The number of aliphatic imine (C=N–C) groups is 1. The Bertz CT molecular complexity index is 716. The molecule has 1 aliphatic heterocycles. The number of aromatic nitrogens is 4. The fourth-order valence-electron chi connectivity index (χ4n) is 3.24. The molecular formula is C18H28N8. The van der Waals surface area contributed by atoms with Crippen molar-refractivity contribution in [3.63, 3.8) is 0 Å². The quantitative estimate of drug-likeness (QED) is 0.491. The van der Waals surface area contributed by atoms with E-state index in [2.05, 4.69) is 52.8 Å². The molecule has 0 unspecified atom stereocenters. The van der Waals surface area contributed by atoms with Gasteiger partial charge >= 0.3 is 0 Å². The molecule has 0 radical (unpaired) electrons. The van der Waals surface area contributed by atoms with E-state index in [1.165, 1.54) is 5.69 Å². The van der Waals surface area contributed by atoms with Gasteiger partial charge in [-0.15, -0.1) is 0 Å². The Morgan fingerprint density at radius 2 is 1.88 bits per heavy atom. The van der Waals surface area contributed by atoms with Gasteiger partial charge in [0.2, 0.25) is 5.95 Å². The van der Waals surface area contributed by atoms with Crippen LogP contribution < -0.4 is 10.2 Å². The van der Waals surface area contributed by atoms with E-state index in [1.807, 2.05) is 20.0 Å². The SMILES string of the molecule is CN=C(NCCCn1nc(C)cc1C)N1CCN(c2ncccn2)CC1. The zero-order chi connectivity index (χ0) is 18.4. The first-order chi connectivity index (χ1) is 12.7. The fourth-order valence-corrected chi connectivity index (χ4v) is 3.24. The molecule has 0 aromatic carbocycles. The number of guanidine groups is 1. The number of hydrogen-bond donors (Lipinski definition) is 1. The highest BCUT2D eigenvalue weighted by molar-refractivity contribution is 5.80. The third-order valence-corrected chi connectivity index (χ3v) is 4.56. The normalized spacial score (nSPS) is 15.4. The Balaban J connectivity index is 1.43. The van der Waals surface area contributed by atoms with Crippen LogP contribution >= 0.6 is 0 Å². The minimum atomic E-state index is 0.806. The van der Waals surface area contributed by atoms with Crippen LogP contribution in [-0.4, -0.2) is 70.4 Å². The molecular weight excluding hydrogens is 328 g/mol. The molecule has 140 valence electrons. The molecule has 0 spiro atoms. The Hall–Kier alpha value is -2.64. The van der Waals surface area contributed by atoms with Crippen LogP contribution in [0.1, 0.15) is 17.8 Å². The second-order valence-electron chi connectivity index (χ2n) is 6.50. The summed E-state index contributed by atoms with van der Waals surface area (Å²) in [7, 11) is 1.84. The van der Waals surface area contributed by atoms with Gasteiger partial charge in [0.1, 0.15) is 0 Å². The van der Waals surface area contributed by atoms with Crippen LogP contribution in [-0.2, 0) is 6.54 Å². The predicted molar refractivity (Wildman–Crippen MR) is 103 cm³/mol. The monoisotopic (exact) mass is 356 g/mol. The van der Waals surface area contributed by atoms with E-state index in [4.69, 9.17) is 0 Å². The van der Waals surface area contributed by atoms with Gasteiger partial charge in [0.25, 0.3) is 0 Å². The summed E-state index contributed by atoms with van der Waals surface area (Å²) in [6, 6.07) is 3.96. The Morgan fingerprint density at radius 1 is 1.15 bits per heavy atom. The largest absolute Gasteiger partial charge is 0.356 e. The number of nitrogens with zero attached hydrogens (tertiary/aromatic N) is 7. The Morgan fingerprint density at radius 3 is 2.50 bits per heavy atom. The van der Waals surface area contributed by atoms with E-state index < -0.39 is 0 Å². The van der Waals surface area contributed by atoms with Crippen LogP contribution in [0.25, 0.3) is 0 Å². The van der Waals surface area contributed by atoms with Gasteiger partial charge in [0.15, 0.2) is 5.96 Å². The van der Waals surface area contributed by atoms with Crippen molar-refractivity contribution in [2.45, 2.75) is 26.8 Å². The molecule has 0 atom stereocenters. The lowest BCUT2D eigenvalue weighted by Crippen LogP contribution is -2.53. The van der Waals surface area contributed by atoms with Gasteiger partial charge in [-0.2, -0.15) is 5.10 Å². The average molecular weight is 356 g/mol. The van der Waals surface area contributed by atoms with Crippen LogP contribution in [0, 0.1) is 13.8 Å². The molecule has 0 saturated carbocycles. The molecule has 8 heteroatoms. The van der Waals surface area contributed by atoms with Gasteiger partial charge in [-0.05, 0) is 32.4 Å². The van der Waals surface area contributed by atoms with Gasteiger partial charge in [-0.25, -0.2) is 9.97 Å². The first-order valence-corrected chi connectivity index (χ1v) is 9.16. The molecule has 2 aromatic rings. The lowest BCUT2D eigenvalue weighted by atomic mass is 10.3. The van der Waals surface area contributed by atoms with E-state index in [1.54, 1.807) is 12.4 Å². The van der Waals surface area contributed by atoms with Crippen molar-refractivity contribution in [3.05, 3.63) is 35.9 Å². The highest BCUT2D eigenvalue weighted by Gasteiger charge is 2.20. The van der Waals surface area contributed by atoms with Gasteiger partial charge in [0, 0.05) is 64.4 Å². The summed E-state index contributed by atoms with van der Waals surface area (Å²) in [6.45, 7) is 9.56. The number of rotatable bonds is 5. The van der Waals surface area contributed by atoms with E-state index in [9.17, 15) is 0 Å². The van der Waals surface area contributed by atoms with Gasteiger partial charge in [0.05, 0.1) is 5.69 Å². The van der Waals surface area contributed by atoms with Gasteiger partial charge in [-0.3, -0.25) is 9.67 Å². The summed E-state index contributed by atoms with van der Waals surface area (Å²) >= 11 is 0. The molecule has 26 heavy (non-hydrogen) atoms. The molecule has 0 aliphatic carbocycles. The number of nitrogens with one attached hydrogen (secondary N) is 1. The minimum absolute atomic E-state index is 0.806. The second kappa shape index (κ2) is 8.64. The van der Waals surface area contributed by atoms with Crippen molar-refractivity contribution in [3.8, 4) is 0 Å². The second-order valence-corrected chi connectivity index (χ2v) is 6.50. The highest BCUT2D eigenvalue weighted by atomic mass is 15.4. The molecule has 1 N–H and O–H groups in total. The summed E-state index contributed by atoms with van der Waals surface area (Å²) in [5.74, 6) is 1.77. The molecule has 8 nitrogen and oxygen atoms in total. The third kappa shape index (κ3) is 4.50. The maximum Gasteiger partial charge on any atom is 0.225 e. The van der Waals surface area contributed by atoms with Gasteiger partial charge < -0.3 is 15.1 Å². The van der Waals surface area contributed by atoms with Crippen LogP contribution in [0.4, 0.5) is 5.95 Å². The molecule has 3 heterocycles. The van der Waals surface area contributed by atoms with Crippen LogP contribution in [0.15, 0.2) is 29.5 Å². The number of piperazine rings is 1. The zero-order valence-electron chi connectivity index (χ0n) is 15.9. The summed E-state index contributed by atoms with van der Waals surface area (Å²) in [5.41, 5.74) is 2.29. The Labute approximate surface area is 155 Å². The molecule has 0 bridgehead atoms. The van der Waals surface area contributed by atoms with Crippen molar-refractivity contribution in [1.29, 1.82) is 0 Å². The lowest BCUT2D eigenvalue weighted by molar-refractivity contribution is 0.369. The third-order valence-electron chi connectivity index (χ3n) is 4.56. The fraction of sp³-hybridized carbons (Fsp3) is 0.556. The topological polar surface area (TPSA) is 74.5 Å². The Kier molecular flexibility index (Phi) is 6.04. The van der Waals surface area contributed by atoms with E-state index in [0.717, 1.165) is 63.3 Å². The summed E-state index contributed by atoms with van der Waals surface area (Å²) in [6.07, 6.45) is 4.59. The van der Waals surface area contributed by atoms with Gasteiger partial charge in [-0.1, -0.05) is 0 Å². The van der Waals surface area contributed by atoms with Crippen molar-refractivity contribution in [2.75, 3.05) is 44.7 Å². The average Bonchev–Trinajstić information content (AvgIpc) is 3.00. The molecule has 2 aromatic heterocycles. The number of hydrogen-bond acceptors (Lipinski definition) is 5. The number of anilines is 1. The molecule has 0 amide bonds. The molecule has 1 fully saturated rings. The number of aryl methyl sites for hydroxylation is 3. The highest BCUT2D eigenvalue weighted by Crippen LogP contribution is 2.09. The predicted octanol–water partition coefficient (Wildman–Crippen LogP) is 1.08. The smallest absolute Gasteiger partial charge is 0.225 e. The molecule has 3 rings (SSSR count). The van der Waals surface area contributed by atoms with Crippen LogP contribution in [0.2, 0.25) is 0 Å². The van der Waals surface area contributed by atoms with Crippen molar-refractivity contribution in [1.82, 2.24) is 30.0 Å². The first-order valence-electron chi connectivity index (χ1n) is 9.16. The standard InChI is InChI=1S/C18H28N8/c1-15-14-16(2)26(23-15)9-5-8-20-17(19-3)24-10-12-25(13-11-24)18-21-6-4-7-22-18/h4,6-7,14H,5,8-13H2,1-3H3,(H,19,20). The maximum atomic E-state index is 4.50.